The van der Waals surface area contributed by atoms with Crippen molar-refractivity contribution in [2.24, 2.45) is 11.8 Å². The maximum atomic E-state index is 12.9. The molecule has 3 aliphatic rings. The van der Waals surface area contributed by atoms with Crippen LogP contribution in [-0.4, -0.2) is 45.0 Å². The SMILES string of the molecule is CC1CC1C(=O)N1Cc2ccnn2C(C(=O)NC2CC(F)(F)C2)C1. The first-order valence-electron chi connectivity index (χ1n) is 8.33. The molecule has 2 heterocycles. The van der Waals surface area contributed by atoms with E-state index >= 15 is 0 Å². The third-order valence-electron chi connectivity index (χ3n) is 5.27. The lowest BCUT2D eigenvalue weighted by atomic mass is 9.88. The fraction of sp³-hybridized carbons (Fsp3) is 0.688. The van der Waals surface area contributed by atoms with Gasteiger partial charge in [0.15, 0.2) is 0 Å². The quantitative estimate of drug-likeness (QED) is 0.904. The summed E-state index contributed by atoms with van der Waals surface area (Å²) in [6.07, 6.45) is 1.85. The van der Waals surface area contributed by atoms with Crippen molar-refractivity contribution in [3.8, 4) is 0 Å². The van der Waals surface area contributed by atoms with Crippen LogP contribution in [0.15, 0.2) is 12.3 Å². The van der Waals surface area contributed by atoms with Crippen LogP contribution in [0.3, 0.4) is 0 Å². The lowest BCUT2D eigenvalue weighted by molar-refractivity contribution is -0.138. The molecule has 0 bridgehead atoms. The van der Waals surface area contributed by atoms with Gasteiger partial charge in [-0.2, -0.15) is 5.10 Å². The Labute approximate surface area is 138 Å². The van der Waals surface area contributed by atoms with Crippen LogP contribution in [0.4, 0.5) is 8.78 Å². The minimum atomic E-state index is -2.68. The molecule has 2 saturated carbocycles. The highest BCUT2D eigenvalue weighted by Gasteiger charge is 2.48. The summed E-state index contributed by atoms with van der Waals surface area (Å²) in [6.45, 7) is 2.72. The molecule has 8 heteroatoms. The van der Waals surface area contributed by atoms with Gasteiger partial charge in [-0.15, -0.1) is 0 Å². The molecule has 0 radical (unpaired) electrons. The zero-order valence-electron chi connectivity index (χ0n) is 13.4. The molecular weight excluding hydrogens is 318 g/mol. The van der Waals surface area contributed by atoms with Crippen LogP contribution >= 0.6 is 0 Å². The molecule has 2 amide bonds. The Kier molecular flexibility index (Phi) is 3.40. The maximum Gasteiger partial charge on any atom is 0.252 e. The van der Waals surface area contributed by atoms with Gasteiger partial charge in [-0.25, -0.2) is 8.78 Å². The fourth-order valence-corrected chi connectivity index (χ4v) is 3.62. The minimum Gasteiger partial charge on any atom is -0.351 e. The van der Waals surface area contributed by atoms with E-state index in [0.717, 1.165) is 12.1 Å². The molecule has 130 valence electrons. The largest absolute Gasteiger partial charge is 0.351 e. The molecule has 2 aliphatic carbocycles. The number of carbonyl (C=O) groups excluding carboxylic acids is 2. The van der Waals surface area contributed by atoms with Gasteiger partial charge < -0.3 is 10.2 Å². The van der Waals surface area contributed by atoms with Crippen LogP contribution in [-0.2, 0) is 16.1 Å². The summed E-state index contributed by atoms with van der Waals surface area (Å²) in [6, 6.07) is 0.630. The van der Waals surface area contributed by atoms with E-state index in [1.807, 2.05) is 6.92 Å². The van der Waals surface area contributed by atoms with Crippen LogP contribution in [0.5, 0.6) is 0 Å². The van der Waals surface area contributed by atoms with Gasteiger partial charge in [0.05, 0.1) is 18.8 Å². The molecule has 1 aromatic heterocycles. The normalized spacial score (nSPS) is 31.1. The standard InChI is InChI=1S/C16H20F2N4O2/c1-9-4-12(9)15(24)21-7-11-2-3-19-22(11)13(8-21)14(23)20-10-5-16(17,18)6-10/h2-3,9-10,12-13H,4-8H2,1H3,(H,20,23). The molecule has 0 saturated heterocycles. The predicted octanol–water partition coefficient (Wildman–Crippen LogP) is 1.34. The molecule has 1 N–H and O–H groups in total. The van der Waals surface area contributed by atoms with Crippen LogP contribution in [0.25, 0.3) is 0 Å². The average molecular weight is 338 g/mol. The average Bonchev–Trinajstić information content (AvgIpc) is 3.04. The highest BCUT2D eigenvalue weighted by atomic mass is 19.3. The molecule has 4 rings (SSSR count). The molecule has 6 nitrogen and oxygen atoms in total. The summed E-state index contributed by atoms with van der Waals surface area (Å²) in [7, 11) is 0. The number of aromatic nitrogens is 2. The molecule has 2 fully saturated rings. The second-order valence-electron chi connectivity index (χ2n) is 7.29. The minimum absolute atomic E-state index is 0.0495. The first kappa shape index (κ1) is 15.5. The van der Waals surface area contributed by atoms with E-state index < -0.39 is 18.0 Å². The number of alkyl halides is 2. The molecule has 3 unspecified atom stereocenters. The zero-order chi connectivity index (χ0) is 17.1. The first-order valence-corrected chi connectivity index (χ1v) is 8.33. The zero-order valence-corrected chi connectivity index (χ0v) is 13.4. The number of nitrogens with zero attached hydrogens (tertiary/aromatic N) is 3. The number of hydrogen-bond donors (Lipinski definition) is 1. The topological polar surface area (TPSA) is 67.2 Å². The fourth-order valence-electron chi connectivity index (χ4n) is 3.62. The number of hydrogen-bond acceptors (Lipinski definition) is 3. The number of halogens is 2. The van der Waals surface area contributed by atoms with E-state index in [1.54, 1.807) is 21.8 Å². The molecule has 1 aliphatic heterocycles. The molecule has 3 atom stereocenters. The monoisotopic (exact) mass is 338 g/mol. The third-order valence-corrected chi connectivity index (χ3v) is 5.27. The van der Waals surface area contributed by atoms with Gasteiger partial charge in [-0.1, -0.05) is 6.92 Å². The number of carbonyl (C=O) groups is 2. The van der Waals surface area contributed by atoms with Crippen molar-refractivity contribution < 1.29 is 18.4 Å². The summed E-state index contributed by atoms with van der Waals surface area (Å²) >= 11 is 0. The van der Waals surface area contributed by atoms with E-state index in [9.17, 15) is 18.4 Å². The van der Waals surface area contributed by atoms with Gasteiger partial charge >= 0.3 is 0 Å². The summed E-state index contributed by atoms with van der Waals surface area (Å²) in [5, 5.41) is 6.85. The van der Waals surface area contributed by atoms with Gasteiger partial charge in [-0.05, 0) is 18.4 Å². The van der Waals surface area contributed by atoms with E-state index in [-0.39, 0.29) is 37.1 Å². The van der Waals surface area contributed by atoms with Crippen molar-refractivity contribution in [3.63, 3.8) is 0 Å². The Morgan fingerprint density at radius 2 is 2.08 bits per heavy atom. The smallest absolute Gasteiger partial charge is 0.252 e. The summed E-state index contributed by atoms with van der Waals surface area (Å²) in [5.74, 6) is -2.50. The Bertz CT molecular complexity index is 681. The van der Waals surface area contributed by atoms with Crippen LogP contribution in [0.2, 0.25) is 0 Å². The third kappa shape index (κ3) is 2.67. The van der Waals surface area contributed by atoms with E-state index in [1.165, 1.54) is 0 Å². The summed E-state index contributed by atoms with van der Waals surface area (Å²) in [5.41, 5.74) is 0.794. The first-order chi connectivity index (χ1) is 11.3. The lowest BCUT2D eigenvalue weighted by Gasteiger charge is -2.38. The molecule has 24 heavy (non-hydrogen) atoms. The molecular formula is C16H20F2N4O2. The van der Waals surface area contributed by atoms with Crippen molar-refractivity contribution in [1.29, 1.82) is 0 Å². The molecule has 0 aromatic carbocycles. The Hall–Kier alpha value is -1.99. The van der Waals surface area contributed by atoms with Crippen molar-refractivity contribution in [1.82, 2.24) is 20.0 Å². The van der Waals surface area contributed by atoms with Crippen molar-refractivity contribution in [2.75, 3.05) is 6.54 Å². The van der Waals surface area contributed by atoms with Gasteiger partial charge in [0.25, 0.3) is 5.92 Å². The predicted molar refractivity (Wildman–Crippen MR) is 80.1 cm³/mol. The number of rotatable bonds is 3. The number of amides is 2. The number of fused-ring (bicyclic) bond motifs is 1. The van der Waals surface area contributed by atoms with E-state index in [2.05, 4.69) is 10.4 Å². The van der Waals surface area contributed by atoms with Crippen molar-refractivity contribution in [2.45, 2.75) is 50.7 Å². The maximum absolute atomic E-state index is 12.9. The van der Waals surface area contributed by atoms with E-state index in [4.69, 9.17) is 0 Å². The van der Waals surface area contributed by atoms with Gasteiger partial charge in [0, 0.05) is 31.0 Å². The Balaban J connectivity index is 1.47. The Morgan fingerprint density at radius 1 is 1.38 bits per heavy atom. The second-order valence-corrected chi connectivity index (χ2v) is 7.29. The van der Waals surface area contributed by atoms with Gasteiger partial charge in [-0.3, -0.25) is 14.3 Å². The van der Waals surface area contributed by atoms with Crippen molar-refractivity contribution >= 4 is 11.8 Å². The molecule has 1 aromatic rings. The van der Waals surface area contributed by atoms with Crippen LogP contribution in [0, 0.1) is 11.8 Å². The Morgan fingerprint density at radius 3 is 2.71 bits per heavy atom. The summed E-state index contributed by atoms with van der Waals surface area (Å²) < 4.78 is 27.5. The van der Waals surface area contributed by atoms with Gasteiger partial charge in [0.2, 0.25) is 11.8 Å². The second kappa shape index (κ2) is 5.26. The number of nitrogens with one attached hydrogen (secondary N) is 1. The summed E-state index contributed by atoms with van der Waals surface area (Å²) in [4.78, 5) is 26.7. The van der Waals surface area contributed by atoms with Crippen LogP contribution in [0.1, 0.15) is 37.9 Å². The van der Waals surface area contributed by atoms with E-state index in [0.29, 0.717) is 12.5 Å². The van der Waals surface area contributed by atoms with Crippen molar-refractivity contribution in [3.05, 3.63) is 18.0 Å². The lowest BCUT2D eigenvalue weighted by Crippen LogP contribution is -2.54. The van der Waals surface area contributed by atoms with Gasteiger partial charge in [0.1, 0.15) is 6.04 Å². The van der Waals surface area contributed by atoms with Crippen LogP contribution < -0.4 is 5.32 Å². The highest BCUT2D eigenvalue weighted by molar-refractivity contribution is 5.85. The molecule has 0 spiro atoms. The highest BCUT2D eigenvalue weighted by Crippen LogP contribution is 2.40.